The first-order valence-electron chi connectivity index (χ1n) is 5.83. The van der Waals surface area contributed by atoms with Crippen LogP contribution < -0.4 is 5.56 Å². The van der Waals surface area contributed by atoms with Crippen LogP contribution in [0, 0.1) is 11.7 Å². The van der Waals surface area contributed by atoms with Crippen molar-refractivity contribution in [3.63, 3.8) is 0 Å². The normalized spacial score (nSPS) is 11.7. The zero-order chi connectivity index (χ0) is 15.9. The van der Waals surface area contributed by atoms with E-state index in [0.717, 1.165) is 11.6 Å². The zero-order valence-electron chi connectivity index (χ0n) is 11.1. The molecule has 1 aromatic heterocycles. The number of aromatic nitrogens is 2. The van der Waals surface area contributed by atoms with Crippen molar-refractivity contribution < 1.29 is 18.3 Å². The van der Waals surface area contributed by atoms with Crippen LogP contribution in [0.3, 0.4) is 0 Å². The van der Waals surface area contributed by atoms with Gasteiger partial charge in [0.15, 0.2) is 4.77 Å². The molecule has 0 aliphatic carbocycles. The van der Waals surface area contributed by atoms with Crippen LogP contribution in [0.1, 0.15) is 11.3 Å². The van der Waals surface area contributed by atoms with Gasteiger partial charge in [0.25, 0.3) is 5.56 Å². The first-order valence-corrected chi connectivity index (χ1v) is 6.24. The van der Waals surface area contributed by atoms with Gasteiger partial charge in [0.05, 0.1) is 5.69 Å². The molecule has 0 saturated heterocycles. The van der Waals surface area contributed by atoms with Gasteiger partial charge in [-0.25, -0.2) is 0 Å². The van der Waals surface area contributed by atoms with Gasteiger partial charge in [0.2, 0.25) is 0 Å². The molecule has 0 aliphatic rings. The summed E-state index contributed by atoms with van der Waals surface area (Å²) in [6, 6.07) is 4.80. The van der Waals surface area contributed by atoms with Gasteiger partial charge in [-0.2, -0.15) is 13.2 Å². The van der Waals surface area contributed by atoms with Crippen molar-refractivity contribution in [3.8, 4) is 11.4 Å². The Hall–Kier alpha value is -2.09. The molecular weight excluding hydrogens is 305 g/mol. The molecule has 0 atom stereocenters. The number of halogens is 3. The highest BCUT2D eigenvalue weighted by atomic mass is 32.1. The van der Waals surface area contributed by atoms with Crippen molar-refractivity contribution >= 4 is 12.2 Å². The van der Waals surface area contributed by atoms with Gasteiger partial charge in [0.1, 0.15) is 11.4 Å². The summed E-state index contributed by atoms with van der Waals surface area (Å²) >= 11 is 4.94. The smallest absolute Gasteiger partial charge is 0.431 e. The van der Waals surface area contributed by atoms with Crippen LogP contribution >= 0.6 is 12.2 Å². The lowest BCUT2D eigenvalue weighted by Gasteiger charge is -2.15. The second-order valence-corrected chi connectivity index (χ2v) is 4.88. The van der Waals surface area contributed by atoms with Gasteiger partial charge in [-0.15, -0.1) is 0 Å². The summed E-state index contributed by atoms with van der Waals surface area (Å²) in [5, 5.41) is 9.66. The molecule has 0 amide bonds. The highest BCUT2D eigenvalue weighted by molar-refractivity contribution is 7.71. The fourth-order valence-electron chi connectivity index (χ4n) is 1.87. The average Bonchev–Trinajstić information content (AvgIpc) is 2.37. The number of benzene rings is 1. The Morgan fingerprint density at radius 3 is 2.38 bits per heavy atom. The Labute approximate surface area is 122 Å². The quantitative estimate of drug-likeness (QED) is 0.823. The highest BCUT2D eigenvalue weighted by Gasteiger charge is 2.34. The summed E-state index contributed by atoms with van der Waals surface area (Å²) in [5.74, 6) is -0.0728. The third kappa shape index (κ3) is 2.71. The van der Waals surface area contributed by atoms with Crippen LogP contribution in [-0.4, -0.2) is 14.2 Å². The number of alkyl halides is 3. The summed E-state index contributed by atoms with van der Waals surface area (Å²) in [7, 11) is 1.13. The molecule has 4 nitrogen and oxygen atoms in total. The van der Waals surface area contributed by atoms with Crippen molar-refractivity contribution in [2.24, 2.45) is 7.05 Å². The van der Waals surface area contributed by atoms with E-state index in [9.17, 15) is 23.1 Å². The molecule has 1 N–H and O–H groups in total. The monoisotopic (exact) mass is 316 g/mol. The van der Waals surface area contributed by atoms with Gasteiger partial charge < -0.3 is 9.67 Å². The van der Waals surface area contributed by atoms with Crippen LogP contribution in [0.15, 0.2) is 29.1 Å². The topological polar surface area (TPSA) is 47.2 Å². The summed E-state index contributed by atoms with van der Waals surface area (Å²) in [6.45, 7) is 1.66. The first-order chi connectivity index (χ1) is 9.62. The van der Waals surface area contributed by atoms with E-state index in [1.54, 1.807) is 13.0 Å². The second-order valence-electron chi connectivity index (χ2n) is 4.51. The third-order valence-corrected chi connectivity index (χ3v) is 3.52. The number of phenolic OH excluding ortho intramolecular Hbond substituents is 1. The molecule has 0 saturated carbocycles. The summed E-state index contributed by atoms with van der Waals surface area (Å²) in [6.07, 6.45) is -4.67. The van der Waals surface area contributed by atoms with E-state index in [1.807, 2.05) is 0 Å². The SMILES string of the molecule is Cc1ccc(-n2c(=O)cc(C(F)(F)F)n(C)c2=S)cc1O. The molecule has 2 aromatic rings. The number of nitrogens with zero attached hydrogens (tertiary/aromatic N) is 2. The molecule has 0 fully saturated rings. The van der Waals surface area contributed by atoms with E-state index >= 15 is 0 Å². The minimum absolute atomic E-state index is 0.0728. The van der Waals surface area contributed by atoms with Crippen LogP contribution in [0.4, 0.5) is 13.2 Å². The lowest BCUT2D eigenvalue weighted by molar-refractivity contribution is -0.143. The number of aromatic hydroxyl groups is 1. The Morgan fingerprint density at radius 1 is 1.24 bits per heavy atom. The van der Waals surface area contributed by atoms with Crippen LogP contribution in [0.25, 0.3) is 5.69 Å². The van der Waals surface area contributed by atoms with Crippen molar-refractivity contribution in [2.45, 2.75) is 13.1 Å². The maximum Gasteiger partial charge on any atom is 0.431 e. The van der Waals surface area contributed by atoms with Crippen molar-refractivity contribution in [2.75, 3.05) is 0 Å². The van der Waals surface area contributed by atoms with E-state index in [0.29, 0.717) is 16.2 Å². The van der Waals surface area contributed by atoms with Crippen molar-refractivity contribution in [1.82, 2.24) is 9.13 Å². The van der Waals surface area contributed by atoms with E-state index in [4.69, 9.17) is 12.2 Å². The molecule has 2 rings (SSSR count). The van der Waals surface area contributed by atoms with E-state index in [1.165, 1.54) is 12.1 Å². The molecule has 0 unspecified atom stereocenters. The van der Waals surface area contributed by atoms with Crippen LogP contribution in [0.2, 0.25) is 0 Å². The summed E-state index contributed by atoms with van der Waals surface area (Å²) < 4.78 is 39.8. The average molecular weight is 316 g/mol. The van der Waals surface area contributed by atoms with E-state index in [-0.39, 0.29) is 16.2 Å². The molecule has 1 heterocycles. The molecular formula is C13H11F3N2O2S. The standard InChI is InChI=1S/C13H11F3N2O2S/c1-7-3-4-8(5-9(7)19)18-11(20)6-10(13(14,15)16)17(2)12(18)21/h3-6,19H,1-2H3. The molecule has 8 heteroatoms. The third-order valence-electron chi connectivity index (χ3n) is 3.06. The lowest BCUT2D eigenvalue weighted by atomic mass is 10.2. The number of rotatable bonds is 1. The number of phenols is 1. The Kier molecular flexibility index (Phi) is 3.66. The summed E-state index contributed by atoms with van der Waals surface area (Å²) in [5.41, 5.74) is -1.25. The van der Waals surface area contributed by atoms with Crippen LogP contribution in [-0.2, 0) is 13.2 Å². The number of aryl methyl sites for hydroxylation is 1. The van der Waals surface area contributed by atoms with Crippen LogP contribution in [0.5, 0.6) is 5.75 Å². The Balaban J connectivity index is 2.78. The van der Waals surface area contributed by atoms with Gasteiger partial charge in [-0.1, -0.05) is 6.07 Å². The molecule has 0 radical (unpaired) electrons. The maximum absolute atomic E-state index is 12.8. The molecule has 1 aromatic carbocycles. The van der Waals surface area contributed by atoms with Gasteiger partial charge in [-0.05, 0) is 30.8 Å². The summed E-state index contributed by atoms with van der Waals surface area (Å²) in [4.78, 5) is 12.0. The maximum atomic E-state index is 12.8. The predicted molar refractivity (Wildman–Crippen MR) is 73.2 cm³/mol. The lowest BCUT2D eigenvalue weighted by Crippen LogP contribution is -2.27. The zero-order valence-corrected chi connectivity index (χ0v) is 11.9. The van der Waals surface area contributed by atoms with Gasteiger partial charge >= 0.3 is 6.18 Å². The largest absolute Gasteiger partial charge is 0.508 e. The molecule has 0 aliphatic heterocycles. The fraction of sp³-hybridized carbons (Fsp3) is 0.231. The van der Waals surface area contributed by atoms with Gasteiger partial charge in [0, 0.05) is 19.2 Å². The van der Waals surface area contributed by atoms with Gasteiger partial charge in [-0.3, -0.25) is 9.36 Å². The molecule has 0 spiro atoms. The number of hydrogen-bond acceptors (Lipinski definition) is 3. The first kappa shape index (κ1) is 15.3. The van der Waals surface area contributed by atoms with Crippen molar-refractivity contribution in [1.29, 1.82) is 0 Å². The minimum atomic E-state index is -4.67. The fourth-order valence-corrected chi connectivity index (χ4v) is 2.17. The van der Waals surface area contributed by atoms with E-state index < -0.39 is 17.4 Å². The Bertz CT molecular complexity index is 822. The minimum Gasteiger partial charge on any atom is -0.508 e. The number of hydrogen-bond donors (Lipinski definition) is 1. The molecule has 21 heavy (non-hydrogen) atoms. The Morgan fingerprint density at radius 2 is 1.86 bits per heavy atom. The highest BCUT2D eigenvalue weighted by Crippen LogP contribution is 2.28. The van der Waals surface area contributed by atoms with E-state index in [2.05, 4.69) is 0 Å². The molecule has 112 valence electrons. The predicted octanol–water partition coefficient (Wildman–Crippen LogP) is 2.94. The second kappa shape index (κ2) is 5.03. The van der Waals surface area contributed by atoms with Crippen molar-refractivity contribution in [3.05, 3.63) is 50.6 Å². The molecule has 0 bridgehead atoms.